The van der Waals surface area contributed by atoms with Gasteiger partial charge in [-0.3, -0.25) is 0 Å². The Morgan fingerprint density at radius 2 is 1.20 bits per heavy atom. The summed E-state index contributed by atoms with van der Waals surface area (Å²) in [7, 11) is 0. The SMILES string of the molecule is Brc1cccc(-c2ccc3c4ccccc4n(-c4cccc5ccccc45)c3c2)c1. The molecule has 1 nitrogen and oxygen atoms in total. The molecule has 5 aromatic carbocycles. The number of aromatic nitrogens is 1. The molecule has 1 aromatic heterocycles. The van der Waals surface area contributed by atoms with Gasteiger partial charge in [0.25, 0.3) is 0 Å². The Kier molecular flexibility index (Phi) is 4.00. The highest BCUT2D eigenvalue weighted by molar-refractivity contribution is 9.10. The van der Waals surface area contributed by atoms with E-state index in [4.69, 9.17) is 0 Å². The van der Waals surface area contributed by atoms with Crippen LogP contribution in [-0.2, 0) is 0 Å². The van der Waals surface area contributed by atoms with Crippen LogP contribution in [0.15, 0.2) is 114 Å². The molecular formula is C28H18BrN. The fourth-order valence-corrected chi connectivity index (χ4v) is 4.88. The van der Waals surface area contributed by atoms with Crippen LogP contribution in [0, 0.1) is 0 Å². The van der Waals surface area contributed by atoms with E-state index in [9.17, 15) is 0 Å². The first kappa shape index (κ1) is 17.5. The second-order valence-electron chi connectivity index (χ2n) is 7.59. The summed E-state index contributed by atoms with van der Waals surface area (Å²) in [4.78, 5) is 0. The van der Waals surface area contributed by atoms with Crippen LogP contribution in [0.25, 0.3) is 49.4 Å². The Labute approximate surface area is 183 Å². The van der Waals surface area contributed by atoms with E-state index >= 15 is 0 Å². The predicted octanol–water partition coefficient (Wildman–Crippen LogP) is 8.37. The molecule has 0 spiro atoms. The van der Waals surface area contributed by atoms with Crippen molar-refractivity contribution in [2.75, 3.05) is 0 Å². The molecule has 0 aliphatic rings. The lowest BCUT2D eigenvalue weighted by atomic mass is 10.0. The Balaban J connectivity index is 1.74. The topological polar surface area (TPSA) is 4.93 Å². The van der Waals surface area contributed by atoms with Gasteiger partial charge in [-0.15, -0.1) is 0 Å². The van der Waals surface area contributed by atoms with Gasteiger partial charge in [0.1, 0.15) is 0 Å². The van der Waals surface area contributed by atoms with Crippen molar-refractivity contribution in [3.8, 4) is 16.8 Å². The summed E-state index contributed by atoms with van der Waals surface area (Å²) >= 11 is 3.61. The molecule has 0 atom stereocenters. The van der Waals surface area contributed by atoms with Crippen molar-refractivity contribution in [3.05, 3.63) is 114 Å². The molecule has 2 heteroatoms. The third kappa shape index (κ3) is 2.68. The van der Waals surface area contributed by atoms with Gasteiger partial charge in [0.05, 0.1) is 16.7 Å². The van der Waals surface area contributed by atoms with Crippen molar-refractivity contribution in [3.63, 3.8) is 0 Å². The summed E-state index contributed by atoms with van der Waals surface area (Å²) in [5.41, 5.74) is 6.10. The number of hydrogen-bond acceptors (Lipinski definition) is 0. The number of hydrogen-bond donors (Lipinski definition) is 0. The molecule has 1 heterocycles. The molecule has 0 aliphatic carbocycles. The van der Waals surface area contributed by atoms with Crippen LogP contribution in [-0.4, -0.2) is 4.57 Å². The van der Waals surface area contributed by atoms with Crippen molar-refractivity contribution in [2.45, 2.75) is 0 Å². The van der Waals surface area contributed by atoms with Crippen molar-refractivity contribution >= 4 is 48.5 Å². The summed E-state index contributed by atoms with van der Waals surface area (Å²) in [6.45, 7) is 0. The smallest absolute Gasteiger partial charge is 0.0547 e. The third-order valence-electron chi connectivity index (χ3n) is 5.84. The summed E-state index contributed by atoms with van der Waals surface area (Å²) in [5.74, 6) is 0. The fraction of sp³-hybridized carbons (Fsp3) is 0. The quantitative estimate of drug-likeness (QED) is 0.251. The van der Waals surface area contributed by atoms with Crippen LogP contribution >= 0.6 is 15.9 Å². The van der Waals surface area contributed by atoms with Gasteiger partial charge >= 0.3 is 0 Å². The maximum Gasteiger partial charge on any atom is 0.0547 e. The Hall–Kier alpha value is -3.36. The maximum atomic E-state index is 3.61. The van der Waals surface area contributed by atoms with Crippen LogP contribution in [0.1, 0.15) is 0 Å². The zero-order chi connectivity index (χ0) is 20.1. The normalized spacial score (nSPS) is 11.5. The summed E-state index contributed by atoms with van der Waals surface area (Å²) in [5, 5.41) is 5.07. The maximum absolute atomic E-state index is 3.61. The highest BCUT2D eigenvalue weighted by Crippen LogP contribution is 2.36. The van der Waals surface area contributed by atoms with E-state index in [0.717, 1.165) is 4.47 Å². The Bertz CT molecular complexity index is 1550. The highest BCUT2D eigenvalue weighted by atomic mass is 79.9. The first-order chi connectivity index (χ1) is 14.8. The molecule has 30 heavy (non-hydrogen) atoms. The minimum absolute atomic E-state index is 1.09. The number of rotatable bonds is 2. The summed E-state index contributed by atoms with van der Waals surface area (Å²) in [6.07, 6.45) is 0. The van der Waals surface area contributed by atoms with Crippen molar-refractivity contribution in [1.82, 2.24) is 4.57 Å². The Morgan fingerprint density at radius 1 is 0.500 bits per heavy atom. The zero-order valence-corrected chi connectivity index (χ0v) is 17.8. The van der Waals surface area contributed by atoms with Gasteiger partial charge in [0.2, 0.25) is 0 Å². The monoisotopic (exact) mass is 447 g/mol. The standard InChI is InChI=1S/C28H18BrN/c29-22-10-5-9-20(17-22)21-15-16-25-24-12-3-4-13-27(24)30(28(25)18-21)26-14-6-8-19-7-1-2-11-23(19)26/h1-18H. The molecule has 6 rings (SSSR count). The van der Waals surface area contributed by atoms with E-state index < -0.39 is 0 Å². The average Bonchev–Trinajstić information content (AvgIpc) is 3.12. The average molecular weight is 448 g/mol. The van der Waals surface area contributed by atoms with E-state index in [1.807, 2.05) is 0 Å². The fourth-order valence-electron chi connectivity index (χ4n) is 4.48. The number of halogens is 1. The van der Waals surface area contributed by atoms with Gasteiger partial charge in [-0.2, -0.15) is 0 Å². The molecule has 0 amide bonds. The molecule has 0 fully saturated rings. The predicted molar refractivity (Wildman–Crippen MR) is 131 cm³/mol. The van der Waals surface area contributed by atoms with E-state index in [-0.39, 0.29) is 0 Å². The number of fused-ring (bicyclic) bond motifs is 4. The minimum atomic E-state index is 1.09. The van der Waals surface area contributed by atoms with E-state index in [0.29, 0.717) is 0 Å². The lowest BCUT2D eigenvalue weighted by Crippen LogP contribution is -1.95. The summed E-state index contributed by atoms with van der Waals surface area (Å²) < 4.78 is 3.50. The molecule has 0 bridgehead atoms. The lowest BCUT2D eigenvalue weighted by molar-refractivity contribution is 1.20. The first-order valence-corrected chi connectivity index (χ1v) is 10.9. The van der Waals surface area contributed by atoms with Crippen molar-refractivity contribution in [1.29, 1.82) is 0 Å². The molecule has 0 saturated carbocycles. The van der Waals surface area contributed by atoms with Gasteiger partial charge in [0, 0.05) is 20.6 Å². The molecule has 6 aromatic rings. The van der Waals surface area contributed by atoms with Crippen LogP contribution in [0.3, 0.4) is 0 Å². The van der Waals surface area contributed by atoms with E-state index in [1.165, 1.54) is 49.4 Å². The van der Waals surface area contributed by atoms with Crippen LogP contribution in [0.2, 0.25) is 0 Å². The van der Waals surface area contributed by atoms with E-state index in [1.54, 1.807) is 0 Å². The van der Waals surface area contributed by atoms with Crippen molar-refractivity contribution < 1.29 is 0 Å². The van der Waals surface area contributed by atoms with Crippen LogP contribution in [0.4, 0.5) is 0 Å². The van der Waals surface area contributed by atoms with Crippen LogP contribution in [0.5, 0.6) is 0 Å². The van der Waals surface area contributed by atoms with Gasteiger partial charge in [-0.1, -0.05) is 94.8 Å². The number of para-hydroxylation sites is 1. The van der Waals surface area contributed by atoms with Crippen molar-refractivity contribution in [2.24, 2.45) is 0 Å². The van der Waals surface area contributed by atoms with Crippen LogP contribution < -0.4 is 0 Å². The molecule has 0 unspecified atom stereocenters. The highest BCUT2D eigenvalue weighted by Gasteiger charge is 2.14. The first-order valence-electron chi connectivity index (χ1n) is 10.1. The zero-order valence-electron chi connectivity index (χ0n) is 16.2. The Morgan fingerprint density at radius 3 is 2.10 bits per heavy atom. The minimum Gasteiger partial charge on any atom is -0.309 e. The molecule has 0 radical (unpaired) electrons. The molecular weight excluding hydrogens is 430 g/mol. The molecule has 0 aliphatic heterocycles. The van der Waals surface area contributed by atoms with Gasteiger partial charge < -0.3 is 4.57 Å². The third-order valence-corrected chi connectivity index (χ3v) is 6.33. The lowest BCUT2D eigenvalue weighted by Gasteiger charge is -2.12. The number of benzene rings is 5. The van der Waals surface area contributed by atoms with Gasteiger partial charge in [-0.25, -0.2) is 0 Å². The van der Waals surface area contributed by atoms with Gasteiger partial charge in [-0.05, 0) is 46.8 Å². The van der Waals surface area contributed by atoms with Gasteiger partial charge in [0.15, 0.2) is 0 Å². The van der Waals surface area contributed by atoms with E-state index in [2.05, 4.69) is 130 Å². The second kappa shape index (κ2) is 6.86. The summed E-state index contributed by atoms with van der Waals surface area (Å²) in [6, 6.07) is 39.1. The molecule has 0 saturated heterocycles. The molecule has 142 valence electrons. The second-order valence-corrected chi connectivity index (χ2v) is 8.51. The number of nitrogens with zero attached hydrogens (tertiary/aromatic N) is 1. The molecule has 0 N–H and O–H groups in total. The largest absolute Gasteiger partial charge is 0.309 e.